The maximum atomic E-state index is 14.2. The molecular formula is C29H50NO9PSi3. The number of carbonyl (C=O) groups excluding carboxylic acids is 1. The Kier molecular flexibility index (Phi) is 9.12. The zero-order valence-corrected chi connectivity index (χ0v) is 31.8. The van der Waals surface area contributed by atoms with Gasteiger partial charge in [0.25, 0.3) is 5.91 Å². The maximum Gasteiger partial charge on any atom is 0.305 e. The van der Waals surface area contributed by atoms with Crippen molar-refractivity contribution in [3.63, 3.8) is 0 Å². The summed E-state index contributed by atoms with van der Waals surface area (Å²) in [6.45, 7) is 25.6. The van der Waals surface area contributed by atoms with Crippen LogP contribution in [0.5, 0.6) is 17.2 Å². The highest BCUT2D eigenvalue weighted by Crippen LogP contribution is 2.58. The predicted molar refractivity (Wildman–Crippen MR) is 176 cm³/mol. The number of carboxylic acids is 1. The van der Waals surface area contributed by atoms with Gasteiger partial charge in [-0.3, -0.25) is 9.59 Å². The third-order valence-electron chi connectivity index (χ3n) is 9.05. The van der Waals surface area contributed by atoms with E-state index in [9.17, 15) is 14.7 Å². The first kappa shape index (κ1) is 34.4. The Labute approximate surface area is 261 Å². The number of hydrogen-bond donors (Lipinski definition) is 2. The smallest absolute Gasteiger partial charge is 0.305 e. The van der Waals surface area contributed by atoms with E-state index in [-0.39, 0.29) is 35.5 Å². The number of rotatable bonds is 9. The summed E-state index contributed by atoms with van der Waals surface area (Å²) in [7, 11) is -4.78. The van der Waals surface area contributed by atoms with Gasteiger partial charge in [-0.05, 0) is 69.0 Å². The number of carboxylic acid groups (broad SMARTS) is 1. The quantitative estimate of drug-likeness (QED) is 0.237. The van der Waals surface area contributed by atoms with Crippen molar-refractivity contribution in [2.24, 2.45) is 5.92 Å². The van der Waals surface area contributed by atoms with E-state index in [4.69, 9.17) is 27.3 Å². The van der Waals surface area contributed by atoms with E-state index in [2.05, 4.69) is 94.9 Å². The van der Waals surface area contributed by atoms with Gasteiger partial charge in [0.05, 0.1) is 45.3 Å². The van der Waals surface area contributed by atoms with Crippen LogP contribution >= 0.6 is 9.47 Å². The van der Waals surface area contributed by atoms with E-state index in [1.165, 1.54) is 0 Å². The first-order valence-electron chi connectivity index (χ1n) is 14.9. The molecule has 14 heteroatoms. The summed E-state index contributed by atoms with van der Waals surface area (Å²) in [5, 5.41) is 13.6. The van der Waals surface area contributed by atoms with Crippen molar-refractivity contribution in [3.05, 3.63) is 17.2 Å². The van der Waals surface area contributed by atoms with E-state index >= 15 is 0 Å². The lowest BCUT2D eigenvalue weighted by molar-refractivity contribution is -0.154. The molecule has 1 saturated carbocycles. The summed E-state index contributed by atoms with van der Waals surface area (Å²) in [5.74, 6) is -1.31. The molecule has 1 aliphatic carbocycles. The first-order chi connectivity index (χ1) is 19.5. The topological polar surface area (TPSA) is 122 Å². The molecule has 2 heterocycles. The monoisotopic (exact) mass is 671 g/mol. The Morgan fingerprint density at radius 2 is 1.65 bits per heavy atom. The van der Waals surface area contributed by atoms with Gasteiger partial charge in [-0.1, -0.05) is 27.7 Å². The zero-order chi connectivity index (χ0) is 32.5. The van der Waals surface area contributed by atoms with Gasteiger partial charge in [-0.25, -0.2) is 0 Å². The van der Waals surface area contributed by atoms with Gasteiger partial charge < -0.3 is 37.7 Å². The van der Waals surface area contributed by atoms with Gasteiger partial charge >= 0.3 is 5.97 Å². The van der Waals surface area contributed by atoms with E-state index in [0.29, 0.717) is 17.1 Å². The predicted octanol–water partition coefficient (Wildman–Crippen LogP) is 6.11. The molecule has 10 nitrogen and oxygen atoms in total. The van der Waals surface area contributed by atoms with E-state index in [1.807, 2.05) is 6.07 Å². The van der Waals surface area contributed by atoms with Crippen LogP contribution in [0.15, 0.2) is 6.07 Å². The number of aliphatic carboxylic acids is 1. The van der Waals surface area contributed by atoms with Gasteiger partial charge in [0.15, 0.2) is 36.5 Å². The largest absolute Gasteiger partial charge is 0.481 e. The van der Waals surface area contributed by atoms with Crippen molar-refractivity contribution in [2.75, 3.05) is 6.79 Å². The highest BCUT2D eigenvalue weighted by Gasteiger charge is 2.66. The molecule has 1 unspecified atom stereocenters. The maximum absolute atomic E-state index is 14.2. The Hall–Kier alpha value is -1.48. The minimum atomic E-state index is -2.45. The molecule has 0 radical (unpaired) electrons. The van der Waals surface area contributed by atoms with Crippen molar-refractivity contribution in [1.29, 1.82) is 0 Å². The summed E-state index contributed by atoms with van der Waals surface area (Å²) < 4.78 is 38.4. The van der Waals surface area contributed by atoms with Gasteiger partial charge in [-0.2, -0.15) is 0 Å². The molecule has 242 valence electrons. The van der Waals surface area contributed by atoms with Gasteiger partial charge in [0, 0.05) is 11.8 Å². The molecule has 0 spiro atoms. The average Bonchev–Trinajstić information content (AvgIpc) is 3.29. The second-order valence-corrected chi connectivity index (χ2v) is 29.5. The van der Waals surface area contributed by atoms with Crippen molar-refractivity contribution in [1.82, 2.24) is 5.32 Å². The number of carbonyl (C=O) groups is 2. The molecular weight excluding hydrogens is 622 g/mol. The number of hydrogen-bond acceptors (Lipinski definition) is 8. The van der Waals surface area contributed by atoms with Crippen molar-refractivity contribution in [2.45, 2.75) is 121 Å². The van der Waals surface area contributed by atoms with E-state index in [0.717, 1.165) is 0 Å². The van der Waals surface area contributed by atoms with E-state index < -0.39 is 66.6 Å². The lowest BCUT2D eigenvalue weighted by Crippen LogP contribution is -2.76. The van der Waals surface area contributed by atoms with Crippen molar-refractivity contribution < 1.29 is 42.0 Å². The summed E-state index contributed by atoms with van der Waals surface area (Å²) in [6, 6.07) is 1.81. The molecule has 0 aromatic heterocycles. The van der Waals surface area contributed by atoms with Crippen LogP contribution in [0.4, 0.5) is 0 Å². The third kappa shape index (κ3) is 6.45. The molecule has 1 amide bonds. The summed E-state index contributed by atoms with van der Waals surface area (Å²) in [5.41, 5.74) is -0.484. The van der Waals surface area contributed by atoms with Crippen LogP contribution in [-0.4, -0.2) is 72.6 Å². The molecule has 2 aliphatic heterocycles. The first-order valence-corrected chi connectivity index (χ1v) is 25.1. The molecule has 0 saturated heterocycles. The van der Waals surface area contributed by atoms with Gasteiger partial charge in [-0.15, -0.1) is 0 Å². The molecule has 43 heavy (non-hydrogen) atoms. The van der Waals surface area contributed by atoms with Crippen LogP contribution in [0, 0.1) is 5.92 Å². The highest BCUT2D eigenvalue weighted by molar-refractivity contribution is 7.10. The zero-order valence-electron chi connectivity index (χ0n) is 27.7. The average molecular weight is 672 g/mol. The number of ether oxygens (including phenoxy) is 2. The number of nitrogens with one attached hydrogen (secondary N) is 1. The molecule has 2 N–H and O–H groups in total. The van der Waals surface area contributed by atoms with Crippen LogP contribution in [0.1, 0.15) is 56.0 Å². The Bertz CT molecular complexity index is 1270. The molecule has 4 rings (SSSR count). The Morgan fingerprint density at radius 1 is 1.05 bits per heavy atom. The van der Waals surface area contributed by atoms with Crippen LogP contribution in [0.2, 0.25) is 57.4 Å². The molecule has 7 atom stereocenters. The minimum absolute atomic E-state index is 0.0143. The molecule has 1 aromatic rings. The van der Waals surface area contributed by atoms with Crippen molar-refractivity contribution in [3.8, 4) is 17.2 Å². The molecule has 1 fully saturated rings. The standard InChI is InChI=1S/C29H50NO9PSi3/c1-16-22(38-43(11,12)28(2,3)4)21-17-13-18-24(35-15-34-18)25(36-40)20(17)27(33)30-29(21,14-19(31)32)26(39-42(8,9)10)23(16)37-41(5,6)7/h13,16,21-23,26H,14-15,40H2,1-12H3,(H,30,33)(H,31,32)/t16-,21-,22-,23+,26+,29+/m0/s1. The lowest BCUT2D eigenvalue weighted by Gasteiger charge is -2.61. The second-order valence-electron chi connectivity index (χ2n) is 15.6. The fourth-order valence-electron chi connectivity index (χ4n) is 6.36. The number of fused-ring (bicyclic) bond motifs is 4. The van der Waals surface area contributed by atoms with Crippen LogP contribution in [-0.2, 0) is 18.1 Å². The van der Waals surface area contributed by atoms with Gasteiger partial charge in [0.2, 0.25) is 12.5 Å². The molecule has 0 bridgehead atoms. The SMILES string of the molecule is C[C@@H]1[C@@H](O[Si](C)(C)C)[C@@H](O[Si](C)(C)C)[C@]2(CC(=O)O)NC(=O)c3c(cc4c(c3OP)OCO4)[C@H]2[C@H]1O[Si](C)(C)C(C)(C)C. The number of amides is 1. The Balaban J connectivity index is 2.10. The fraction of sp³-hybridized carbons (Fsp3) is 0.724. The van der Waals surface area contributed by atoms with Gasteiger partial charge in [0.1, 0.15) is 0 Å². The van der Waals surface area contributed by atoms with Crippen molar-refractivity contribution >= 4 is 46.3 Å². The number of benzene rings is 1. The minimum Gasteiger partial charge on any atom is -0.481 e. The second kappa shape index (κ2) is 11.4. The normalized spacial score (nSPS) is 29.0. The van der Waals surface area contributed by atoms with Crippen LogP contribution in [0.25, 0.3) is 0 Å². The fourth-order valence-corrected chi connectivity index (χ4v) is 10.2. The summed E-state index contributed by atoms with van der Waals surface area (Å²) >= 11 is 0. The third-order valence-corrected chi connectivity index (χ3v) is 15.7. The Morgan fingerprint density at radius 3 is 2.16 bits per heavy atom. The highest BCUT2D eigenvalue weighted by atomic mass is 31.0. The van der Waals surface area contributed by atoms with E-state index in [1.54, 1.807) is 0 Å². The summed E-state index contributed by atoms with van der Waals surface area (Å²) in [6.07, 6.45) is -2.15. The lowest BCUT2D eigenvalue weighted by atomic mass is 9.58. The molecule has 1 aromatic carbocycles. The van der Waals surface area contributed by atoms with Crippen LogP contribution < -0.4 is 19.3 Å². The molecule has 3 aliphatic rings. The summed E-state index contributed by atoms with van der Waals surface area (Å²) in [4.78, 5) is 27.1. The van der Waals surface area contributed by atoms with Crippen LogP contribution in [0.3, 0.4) is 0 Å².